The molecule has 1 saturated heterocycles. The number of aliphatic imine (C=N–C) groups is 1. The van der Waals surface area contributed by atoms with E-state index in [1.807, 2.05) is 18.5 Å². The summed E-state index contributed by atoms with van der Waals surface area (Å²) < 4.78 is 0. The lowest BCUT2D eigenvalue weighted by Gasteiger charge is -2.35. The Kier molecular flexibility index (Phi) is 4.36. The lowest BCUT2D eigenvalue weighted by atomic mass is 10.3. The van der Waals surface area contributed by atoms with Crippen molar-refractivity contribution in [2.75, 3.05) is 37.3 Å². The minimum absolute atomic E-state index is 0.764. The fourth-order valence-electron chi connectivity index (χ4n) is 1.84. The molecule has 1 fully saturated rings. The van der Waals surface area contributed by atoms with Crippen LogP contribution in [-0.2, 0) is 0 Å². The fourth-order valence-corrected chi connectivity index (χ4v) is 2.41. The van der Waals surface area contributed by atoms with Crippen LogP contribution in [0.15, 0.2) is 23.5 Å². The third-order valence-corrected chi connectivity index (χ3v) is 3.43. The summed E-state index contributed by atoms with van der Waals surface area (Å²) in [5, 5.41) is 9.40. The van der Waals surface area contributed by atoms with Gasteiger partial charge in [0, 0.05) is 38.6 Å². The van der Waals surface area contributed by atoms with Gasteiger partial charge in [-0.15, -0.1) is 4.99 Å². The minimum atomic E-state index is 0.764. The van der Waals surface area contributed by atoms with Crippen LogP contribution in [-0.4, -0.2) is 52.5 Å². The summed E-state index contributed by atoms with van der Waals surface area (Å²) in [6, 6.07) is 1.81. The van der Waals surface area contributed by atoms with E-state index < -0.39 is 0 Å². The molecule has 0 N–H and O–H groups in total. The summed E-state index contributed by atoms with van der Waals surface area (Å²) in [5.41, 5.74) is 0. The van der Waals surface area contributed by atoms with Gasteiger partial charge in [0.1, 0.15) is 0 Å². The molecule has 94 valence electrons. The molecule has 0 amide bonds. The molecule has 0 atom stereocenters. The number of nitrogens with zero attached hydrogens (tertiary/aromatic N) is 6. The summed E-state index contributed by atoms with van der Waals surface area (Å²) in [6.45, 7) is 3.35. The van der Waals surface area contributed by atoms with Crippen molar-refractivity contribution >= 4 is 22.9 Å². The predicted molar refractivity (Wildman–Crippen MR) is 72.4 cm³/mol. The Labute approximate surface area is 110 Å². The van der Waals surface area contributed by atoms with Crippen LogP contribution in [0.2, 0.25) is 0 Å². The van der Waals surface area contributed by atoms with Gasteiger partial charge in [-0.1, -0.05) is 11.8 Å². The van der Waals surface area contributed by atoms with Gasteiger partial charge in [0.25, 0.3) is 0 Å². The molecule has 0 unspecified atom stereocenters. The molecular formula is C11H14N6S. The SMILES string of the molecule is CSC(=NC#N)N1CCN(c2ncccn2)CC1. The van der Waals surface area contributed by atoms with Gasteiger partial charge in [0.2, 0.25) is 12.1 Å². The Bertz CT molecular complexity index is 446. The highest BCUT2D eigenvalue weighted by Crippen LogP contribution is 2.13. The van der Waals surface area contributed by atoms with Gasteiger partial charge in [-0.2, -0.15) is 5.26 Å². The molecule has 2 heterocycles. The highest BCUT2D eigenvalue weighted by atomic mass is 32.2. The van der Waals surface area contributed by atoms with Gasteiger partial charge >= 0.3 is 0 Å². The maximum absolute atomic E-state index is 8.62. The second-order valence-electron chi connectivity index (χ2n) is 3.72. The zero-order chi connectivity index (χ0) is 12.8. The number of aromatic nitrogens is 2. The van der Waals surface area contributed by atoms with Crippen LogP contribution in [0.4, 0.5) is 5.95 Å². The second kappa shape index (κ2) is 6.21. The third kappa shape index (κ3) is 2.90. The number of thioether (sulfide) groups is 1. The van der Waals surface area contributed by atoms with Crippen molar-refractivity contribution < 1.29 is 0 Å². The summed E-state index contributed by atoms with van der Waals surface area (Å²) in [6.07, 6.45) is 7.28. The Balaban J connectivity index is 1.97. The quantitative estimate of drug-likeness (QED) is 0.423. The number of hydrogen-bond acceptors (Lipinski definition) is 6. The first kappa shape index (κ1) is 12.6. The number of piperazine rings is 1. The van der Waals surface area contributed by atoms with Crippen molar-refractivity contribution in [3.05, 3.63) is 18.5 Å². The van der Waals surface area contributed by atoms with Crippen molar-refractivity contribution in [1.29, 1.82) is 5.26 Å². The molecular weight excluding hydrogens is 248 g/mol. The molecule has 0 bridgehead atoms. The van der Waals surface area contributed by atoms with E-state index in [4.69, 9.17) is 5.26 Å². The van der Waals surface area contributed by atoms with Gasteiger partial charge in [0.05, 0.1) is 0 Å². The summed E-state index contributed by atoms with van der Waals surface area (Å²) in [4.78, 5) is 16.6. The van der Waals surface area contributed by atoms with Crippen LogP contribution in [0.1, 0.15) is 0 Å². The minimum Gasteiger partial charge on any atom is -0.347 e. The van der Waals surface area contributed by atoms with Crippen LogP contribution in [0.3, 0.4) is 0 Å². The van der Waals surface area contributed by atoms with Crippen molar-refractivity contribution in [2.45, 2.75) is 0 Å². The van der Waals surface area contributed by atoms with Gasteiger partial charge in [-0.05, 0) is 12.3 Å². The van der Waals surface area contributed by atoms with Crippen LogP contribution in [0.5, 0.6) is 0 Å². The van der Waals surface area contributed by atoms with E-state index in [-0.39, 0.29) is 0 Å². The standard InChI is InChI=1S/C11H14N6S/c1-18-11(15-9-12)17-7-5-16(6-8-17)10-13-3-2-4-14-10/h2-4H,5-8H2,1H3. The van der Waals surface area contributed by atoms with Crippen LogP contribution in [0.25, 0.3) is 0 Å². The number of rotatable bonds is 1. The molecule has 18 heavy (non-hydrogen) atoms. The monoisotopic (exact) mass is 262 g/mol. The average molecular weight is 262 g/mol. The van der Waals surface area contributed by atoms with E-state index in [1.165, 1.54) is 11.8 Å². The van der Waals surface area contributed by atoms with E-state index in [1.54, 1.807) is 12.4 Å². The van der Waals surface area contributed by atoms with Crippen LogP contribution >= 0.6 is 11.8 Å². The van der Waals surface area contributed by atoms with E-state index in [2.05, 4.69) is 24.8 Å². The summed E-state index contributed by atoms with van der Waals surface area (Å²) in [7, 11) is 0. The third-order valence-electron chi connectivity index (χ3n) is 2.71. The topological polar surface area (TPSA) is 68.4 Å². The molecule has 1 aliphatic heterocycles. The van der Waals surface area contributed by atoms with Gasteiger partial charge in [-0.25, -0.2) is 9.97 Å². The maximum Gasteiger partial charge on any atom is 0.225 e. The summed E-state index contributed by atoms with van der Waals surface area (Å²) >= 11 is 1.50. The zero-order valence-corrected chi connectivity index (χ0v) is 11.0. The first-order chi connectivity index (χ1) is 8.85. The molecule has 1 aliphatic rings. The molecule has 6 nitrogen and oxygen atoms in total. The number of anilines is 1. The van der Waals surface area contributed by atoms with Gasteiger partial charge < -0.3 is 9.80 Å². The van der Waals surface area contributed by atoms with Crippen LogP contribution in [0, 0.1) is 11.5 Å². The van der Waals surface area contributed by atoms with Gasteiger partial charge in [-0.3, -0.25) is 0 Å². The van der Waals surface area contributed by atoms with Crippen molar-refractivity contribution in [3.8, 4) is 6.19 Å². The average Bonchev–Trinajstić information content (AvgIpc) is 2.46. The normalized spacial score (nSPS) is 16.6. The smallest absolute Gasteiger partial charge is 0.225 e. The molecule has 0 aliphatic carbocycles. The number of amidine groups is 1. The predicted octanol–water partition coefficient (Wildman–Crippen LogP) is 0.799. The summed E-state index contributed by atoms with van der Waals surface area (Å²) in [5.74, 6) is 0.764. The zero-order valence-electron chi connectivity index (χ0n) is 10.2. The molecule has 1 aromatic rings. The Morgan fingerprint density at radius 2 is 2.00 bits per heavy atom. The van der Waals surface area contributed by atoms with Crippen molar-refractivity contribution in [1.82, 2.24) is 14.9 Å². The van der Waals surface area contributed by atoms with Gasteiger partial charge in [0.15, 0.2) is 5.17 Å². The molecule has 1 aromatic heterocycles. The van der Waals surface area contributed by atoms with Crippen LogP contribution < -0.4 is 4.90 Å². The second-order valence-corrected chi connectivity index (χ2v) is 4.49. The number of hydrogen-bond donors (Lipinski definition) is 0. The largest absolute Gasteiger partial charge is 0.347 e. The Hall–Kier alpha value is -1.81. The lowest BCUT2D eigenvalue weighted by molar-refractivity contribution is 0.389. The highest BCUT2D eigenvalue weighted by Gasteiger charge is 2.20. The molecule has 0 radical (unpaired) electrons. The first-order valence-corrected chi connectivity index (χ1v) is 6.85. The lowest BCUT2D eigenvalue weighted by Crippen LogP contribution is -2.48. The molecule has 2 rings (SSSR count). The highest BCUT2D eigenvalue weighted by molar-refractivity contribution is 8.13. The Morgan fingerprint density at radius 1 is 1.33 bits per heavy atom. The molecule has 7 heteroatoms. The van der Waals surface area contributed by atoms with Crippen molar-refractivity contribution in [2.24, 2.45) is 4.99 Å². The van der Waals surface area contributed by atoms with E-state index in [9.17, 15) is 0 Å². The first-order valence-electron chi connectivity index (χ1n) is 5.63. The molecule has 0 spiro atoms. The fraction of sp³-hybridized carbons (Fsp3) is 0.455. The molecule has 0 saturated carbocycles. The van der Waals surface area contributed by atoms with E-state index in [0.29, 0.717) is 0 Å². The molecule has 0 aromatic carbocycles. The maximum atomic E-state index is 8.62. The van der Waals surface area contributed by atoms with E-state index in [0.717, 1.165) is 37.3 Å². The van der Waals surface area contributed by atoms with Crippen molar-refractivity contribution in [3.63, 3.8) is 0 Å². The number of nitriles is 1. The van der Waals surface area contributed by atoms with E-state index >= 15 is 0 Å². The Morgan fingerprint density at radius 3 is 2.56 bits per heavy atom.